The number of guanidine groups is 1. The van der Waals surface area contributed by atoms with Gasteiger partial charge in [-0.25, -0.2) is 0 Å². The molecule has 30 heavy (non-hydrogen) atoms. The van der Waals surface area contributed by atoms with Gasteiger partial charge >= 0.3 is 6.18 Å². The van der Waals surface area contributed by atoms with Crippen LogP contribution in [0, 0.1) is 0 Å². The molecule has 2 aromatic carbocycles. The molecule has 0 radical (unpaired) electrons. The van der Waals surface area contributed by atoms with Crippen LogP contribution >= 0.6 is 24.0 Å². The average Bonchev–Trinajstić information content (AvgIpc) is 2.69. The van der Waals surface area contributed by atoms with Gasteiger partial charge in [0.25, 0.3) is 0 Å². The molecule has 0 saturated carbocycles. The van der Waals surface area contributed by atoms with Crippen molar-refractivity contribution >= 4 is 29.9 Å². The molecule has 0 spiro atoms. The van der Waals surface area contributed by atoms with Crippen molar-refractivity contribution in [2.45, 2.75) is 32.4 Å². The minimum absolute atomic E-state index is 0. The molecule has 2 N–H and O–H groups in total. The van der Waals surface area contributed by atoms with E-state index in [1.54, 1.807) is 19.2 Å². The van der Waals surface area contributed by atoms with Crippen LogP contribution in [0.4, 0.5) is 13.2 Å². The Morgan fingerprint density at radius 1 is 1.00 bits per heavy atom. The second-order valence-electron chi connectivity index (χ2n) is 6.47. The van der Waals surface area contributed by atoms with Crippen LogP contribution in [0.5, 0.6) is 5.75 Å². The Bertz CT molecular complexity index is 756. The van der Waals surface area contributed by atoms with E-state index < -0.39 is 12.8 Å². The summed E-state index contributed by atoms with van der Waals surface area (Å²) in [6.45, 7) is 1.74. The SMILES string of the molecule is CN=C(NCc1ccc(COCC(F)(F)F)cc1)NCC(C)Oc1ccccc1.I. The van der Waals surface area contributed by atoms with E-state index in [2.05, 4.69) is 20.4 Å². The van der Waals surface area contributed by atoms with Crippen molar-refractivity contribution in [2.24, 2.45) is 4.99 Å². The summed E-state index contributed by atoms with van der Waals surface area (Å²) in [7, 11) is 1.68. The van der Waals surface area contributed by atoms with Crippen molar-refractivity contribution in [1.82, 2.24) is 10.6 Å². The molecule has 0 aromatic heterocycles. The number of hydrogen-bond acceptors (Lipinski definition) is 3. The highest BCUT2D eigenvalue weighted by molar-refractivity contribution is 14.0. The Labute approximate surface area is 192 Å². The van der Waals surface area contributed by atoms with Gasteiger partial charge in [0.05, 0.1) is 13.2 Å². The van der Waals surface area contributed by atoms with E-state index in [9.17, 15) is 13.2 Å². The number of halogens is 4. The lowest BCUT2D eigenvalue weighted by Crippen LogP contribution is -2.41. The molecule has 1 unspecified atom stereocenters. The molecule has 1 atom stereocenters. The summed E-state index contributed by atoms with van der Waals surface area (Å²) in [5.41, 5.74) is 1.66. The highest BCUT2D eigenvalue weighted by Crippen LogP contribution is 2.16. The molecule has 0 bridgehead atoms. The summed E-state index contributed by atoms with van der Waals surface area (Å²) in [6.07, 6.45) is -4.36. The maximum absolute atomic E-state index is 12.1. The van der Waals surface area contributed by atoms with Crippen molar-refractivity contribution in [1.29, 1.82) is 0 Å². The smallest absolute Gasteiger partial charge is 0.411 e. The summed E-state index contributed by atoms with van der Waals surface area (Å²) < 4.78 is 46.8. The fourth-order valence-electron chi connectivity index (χ4n) is 2.46. The van der Waals surface area contributed by atoms with E-state index in [1.807, 2.05) is 49.4 Å². The van der Waals surface area contributed by atoms with Crippen LogP contribution in [0.2, 0.25) is 0 Å². The number of rotatable bonds is 9. The first kappa shape index (κ1) is 26.0. The molecule has 0 saturated heterocycles. The van der Waals surface area contributed by atoms with Gasteiger partial charge in [0.15, 0.2) is 5.96 Å². The molecule has 0 amide bonds. The summed E-state index contributed by atoms with van der Waals surface area (Å²) in [4.78, 5) is 4.18. The summed E-state index contributed by atoms with van der Waals surface area (Å²) in [6, 6.07) is 16.8. The van der Waals surface area contributed by atoms with Crippen molar-refractivity contribution in [3.63, 3.8) is 0 Å². The van der Waals surface area contributed by atoms with Crippen LogP contribution in [-0.4, -0.2) is 38.4 Å². The number of alkyl halides is 3. The monoisotopic (exact) mass is 537 g/mol. The standard InChI is InChI=1S/C21H26F3N3O2.HI/c1-16(29-19-6-4-3-5-7-19)12-26-20(25-2)27-13-17-8-10-18(11-9-17)14-28-15-21(22,23)24;/h3-11,16H,12-15H2,1-2H3,(H2,25,26,27);1H. The number of benzene rings is 2. The predicted molar refractivity (Wildman–Crippen MR) is 122 cm³/mol. The topological polar surface area (TPSA) is 54.9 Å². The first-order chi connectivity index (χ1) is 13.9. The Hall–Kier alpha value is -2.01. The van der Waals surface area contributed by atoms with E-state index in [4.69, 9.17) is 4.74 Å². The largest absolute Gasteiger partial charge is 0.489 e. The maximum Gasteiger partial charge on any atom is 0.411 e. The molecule has 0 fully saturated rings. The van der Waals surface area contributed by atoms with E-state index >= 15 is 0 Å². The van der Waals surface area contributed by atoms with Gasteiger partial charge in [-0.1, -0.05) is 42.5 Å². The quantitative estimate of drug-likeness (QED) is 0.281. The first-order valence-corrected chi connectivity index (χ1v) is 9.24. The minimum atomic E-state index is -4.31. The van der Waals surface area contributed by atoms with Gasteiger partial charge in [0.1, 0.15) is 18.5 Å². The molecule has 0 aliphatic heterocycles. The normalized spacial score (nSPS) is 12.6. The number of ether oxygens (including phenoxy) is 2. The third-order valence-corrected chi connectivity index (χ3v) is 3.88. The second-order valence-corrected chi connectivity index (χ2v) is 6.47. The first-order valence-electron chi connectivity index (χ1n) is 9.24. The number of nitrogens with one attached hydrogen (secondary N) is 2. The fraction of sp³-hybridized carbons (Fsp3) is 0.381. The third-order valence-electron chi connectivity index (χ3n) is 3.88. The van der Waals surface area contributed by atoms with Crippen molar-refractivity contribution < 1.29 is 22.6 Å². The number of nitrogens with zero attached hydrogens (tertiary/aromatic N) is 1. The summed E-state index contributed by atoms with van der Waals surface area (Å²) in [5.74, 6) is 1.44. The molecule has 2 aromatic rings. The van der Waals surface area contributed by atoms with Crippen LogP contribution in [0.25, 0.3) is 0 Å². The molecule has 0 heterocycles. The molecule has 166 valence electrons. The van der Waals surface area contributed by atoms with Gasteiger partial charge < -0.3 is 20.1 Å². The minimum Gasteiger partial charge on any atom is -0.489 e. The highest BCUT2D eigenvalue weighted by atomic mass is 127. The number of aliphatic imine (C=N–C) groups is 1. The van der Waals surface area contributed by atoms with Gasteiger partial charge in [0, 0.05) is 13.6 Å². The average molecular weight is 537 g/mol. The molecule has 0 aliphatic rings. The summed E-state index contributed by atoms with van der Waals surface area (Å²) in [5, 5.41) is 6.39. The fourth-order valence-corrected chi connectivity index (χ4v) is 2.46. The van der Waals surface area contributed by atoms with Crippen LogP contribution in [-0.2, 0) is 17.9 Å². The Morgan fingerprint density at radius 2 is 1.63 bits per heavy atom. The van der Waals surface area contributed by atoms with Crippen LogP contribution in [0.3, 0.4) is 0 Å². The highest BCUT2D eigenvalue weighted by Gasteiger charge is 2.27. The van der Waals surface area contributed by atoms with Crippen LogP contribution in [0.15, 0.2) is 59.6 Å². The predicted octanol–water partition coefficient (Wildman–Crippen LogP) is 4.52. The Morgan fingerprint density at radius 3 is 2.23 bits per heavy atom. The van der Waals surface area contributed by atoms with Gasteiger partial charge in [-0.2, -0.15) is 13.2 Å². The number of hydrogen-bond donors (Lipinski definition) is 2. The van der Waals surface area contributed by atoms with E-state index in [-0.39, 0.29) is 36.7 Å². The van der Waals surface area contributed by atoms with E-state index in [0.717, 1.165) is 11.3 Å². The molecule has 0 aliphatic carbocycles. The lowest BCUT2D eigenvalue weighted by atomic mass is 10.1. The van der Waals surface area contributed by atoms with Gasteiger partial charge in [0.2, 0.25) is 0 Å². The molecular formula is C21H27F3IN3O2. The Balaban J connectivity index is 0.00000450. The van der Waals surface area contributed by atoms with Gasteiger partial charge in [-0.15, -0.1) is 24.0 Å². The zero-order valence-corrected chi connectivity index (χ0v) is 19.2. The Kier molecular flexibility index (Phi) is 11.6. The number of para-hydroxylation sites is 1. The van der Waals surface area contributed by atoms with Gasteiger partial charge in [-0.05, 0) is 30.2 Å². The molecule has 2 rings (SSSR count). The zero-order valence-electron chi connectivity index (χ0n) is 16.9. The third kappa shape index (κ3) is 10.7. The summed E-state index contributed by atoms with van der Waals surface area (Å²) >= 11 is 0. The van der Waals surface area contributed by atoms with Gasteiger partial charge in [-0.3, -0.25) is 4.99 Å². The molecule has 9 heteroatoms. The van der Waals surface area contributed by atoms with Crippen molar-refractivity contribution in [2.75, 3.05) is 20.2 Å². The molecule has 5 nitrogen and oxygen atoms in total. The van der Waals surface area contributed by atoms with E-state index in [1.165, 1.54) is 0 Å². The van der Waals surface area contributed by atoms with Crippen LogP contribution < -0.4 is 15.4 Å². The van der Waals surface area contributed by atoms with E-state index in [0.29, 0.717) is 24.6 Å². The lowest BCUT2D eigenvalue weighted by Gasteiger charge is -2.18. The lowest BCUT2D eigenvalue weighted by molar-refractivity contribution is -0.176. The zero-order chi connectivity index (χ0) is 21.1. The van der Waals surface area contributed by atoms with Crippen molar-refractivity contribution in [3.8, 4) is 5.75 Å². The van der Waals surface area contributed by atoms with Crippen LogP contribution in [0.1, 0.15) is 18.1 Å². The second kappa shape index (κ2) is 13.3. The van der Waals surface area contributed by atoms with Crippen molar-refractivity contribution in [3.05, 3.63) is 65.7 Å². The maximum atomic E-state index is 12.1. The molecular weight excluding hydrogens is 510 g/mol.